The molecule has 2 aromatic heterocycles. The molecule has 0 unspecified atom stereocenters. The first-order valence-corrected chi connectivity index (χ1v) is 6.90. The molecule has 0 fully saturated rings. The maximum Gasteiger partial charge on any atom is 0.275 e. The summed E-state index contributed by atoms with van der Waals surface area (Å²) < 4.78 is 6.46. The van der Waals surface area contributed by atoms with Crippen molar-refractivity contribution in [1.29, 1.82) is 0 Å². The third-order valence-corrected chi connectivity index (χ3v) is 3.48. The highest BCUT2D eigenvalue weighted by Crippen LogP contribution is 2.22. The van der Waals surface area contributed by atoms with Crippen LogP contribution in [0.25, 0.3) is 16.9 Å². The van der Waals surface area contributed by atoms with E-state index in [1.807, 2.05) is 12.1 Å². The van der Waals surface area contributed by atoms with Crippen LogP contribution in [0.15, 0.2) is 40.1 Å². The van der Waals surface area contributed by atoms with E-state index in [9.17, 15) is 4.79 Å². The Morgan fingerprint density at radius 1 is 1.36 bits per heavy atom. The molecule has 1 N–H and O–H groups in total. The summed E-state index contributed by atoms with van der Waals surface area (Å²) in [5, 5.41) is 4.77. The van der Waals surface area contributed by atoms with E-state index in [1.165, 1.54) is 17.7 Å². The second-order valence-corrected chi connectivity index (χ2v) is 5.04. The van der Waals surface area contributed by atoms with Crippen molar-refractivity contribution in [3.05, 3.63) is 51.3 Å². The molecule has 0 aliphatic heterocycles. The molecular formula is C15H13ClN4O2. The summed E-state index contributed by atoms with van der Waals surface area (Å²) >= 11 is 5.89. The van der Waals surface area contributed by atoms with E-state index in [4.69, 9.17) is 16.3 Å². The first-order valence-electron chi connectivity index (χ1n) is 6.52. The zero-order chi connectivity index (χ0) is 15.7. The number of halogens is 1. The lowest BCUT2D eigenvalue weighted by molar-refractivity contribution is 0.394. The Morgan fingerprint density at radius 2 is 2.09 bits per heavy atom. The maximum atomic E-state index is 12.3. The number of H-pyrrole nitrogens is 1. The van der Waals surface area contributed by atoms with Gasteiger partial charge >= 0.3 is 0 Å². The van der Waals surface area contributed by atoms with Crippen LogP contribution >= 0.6 is 11.6 Å². The minimum atomic E-state index is -0.257. The molecule has 0 aliphatic carbocycles. The molecule has 0 atom stereocenters. The molecule has 1 aromatic carbocycles. The predicted octanol–water partition coefficient (Wildman–Crippen LogP) is 2.40. The minimum absolute atomic E-state index is 0.257. The fourth-order valence-electron chi connectivity index (χ4n) is 2.22. The molecule has 0 saturated heterocycles. The number of fused-ring (bicyclic) bond motifs is 1. The maximum absolute atomic E-state index is 12.3. The number of rotatable bonds is 3. The molecule has 0 spiro atoms. The molecule has 0 aliphatic rings. The van der Waals surface area contributed by atoms with Crippen LogP contribution in [0, 0.1) is 0 Å². The highest BCUT2D eigenvalue weighted by atomic mass is 35.5. The zero-order valence-corrected chi connectivity index (χ0v) is 12.8. The average Bonchev–Trinajstić information content (AvgIpc) is 2.87. The van der Waals surface area contributed by atoms with E-state index >= 15 is 0 Å². The molecule has 22 heavy (non-hydrogen) atoms. The van der Waals surface area contributed by atoms with Crippen molar-refractivity contribution in [2.24, 2.45) is 4.99 Å². The molecule has 0 saturated carbocycles. The number of hydrogen-bond acceptors (Lipinski definition) is 4. The van der Waals surface area contributed by atoms with Crippen molar-refractivity contribution >= 4 is 23.5 Å². The van der Waals surface area contributed by atoms with E-state index in [2.05, 4.69) is 15.1 Å². The molecule has 3 rings (SSSR count). The molecule has 3 aromatic rings. The van der Waals surface area contributed by atoms with Gasteiger partial charge in [-0.1, -0.05) is 23.7 Å². The van der Waals surface area contributed by atoms with Gasteiger partial charge in [0.25, 0.3) is 5.56 Å². The quantitative estimate of drug-likeness (QED) is 0.754. The first-order chi connectivity index (χ1) is 10.6. The fraction of sp³-hybridized carbons (Fsp3) is 0.133. The zero-order valence-electron chi connectivity index (χ0n) is 12.0. The lowest BCUT2D eigenvalue weighted by atomic mass is 10.1. The Kier molecular flexibility index (Phi) is 3.68. The summed E-state index contributed by atoms with van der Waals surface area (Å²) in [4.78, 5) is 19.5. The normalized spacial score (nSPS) is 11.4. The number of ether oxygens (including phenoxy) is 1. The second kappa shape index (κ2) is 5.65. The van der Waals surface area contributed by atoms with Crippen LogP contribution in [0.1, 0.15) is 5.56 Å². The summed E-state index contributed by atoms with van der Waals surface area (Å²) in [6, 6.07) is 8.70. The van der Waals surface area contributed by atoms with Crippen molar-refractivity contribution in [2.45, 2.75) is 0 Å². The van der Waals surface area contributed by atoms with Crippen LogP contribution in [0.3, 0.4) is 0 Å². The monoisotopic (exact) mass is 316 g/mol. The van der Waals surface area contributed by atoms with Crippen molar-refractivity contribution in [3.8, 4) is 17.1 Å². The van der Waals surface area contributed by atoms with Crippen LogP contribution in [-0.2, 0) is 0 Å². The van der Waals surface area contributed by atoms with Gasteiger partial charge in [0.2, 0.25) is 5.88 Å². The van der Waals surface area contributed by atoms with Gasteiger partial charge in [-0.25, -0.2) is 0 Å². The number of nitrogens with zero attached hydrogens (tertiary/aromatic N) is 3. The molecule has 112 valence electrons. The highest BCUT2D eigenvalue weighted by molar-refractivity contribution is 6.30. The smallest absolute Gasteiger partial charge is 0.275 e. The SMILES string of the molecule is C/N=C/c1c(OC)nn2c(=O)cc(-c3ccc(Cl)cc3)[nH]c12. The molecule has 6 nitrogen and oxygen atoms in total. The number of hydrogen-bond donors (Lipinski definition) is 1. The predicted molar refractivity (Wildman–Crippen MR) is 86.3 cm³/mol. The van der Waals surface area contributed by atoms with Crippen molar-refractivity contribution < 1.29 is 4.74 Å². The van der Waals surface area contributed by atoms with Gasteiger partial charge in [0, 0.05) is 24.4 Å². The third-order valence-electron chi connectivity index (χ3n) is 3.22. The standard InChI is InChI=1S/C15H13ClN4O2/c1-17-8-11-14-18-12(9-3-5-10(16)6-4-9)7-13(21)20(14)19-15(11)22-2/h3-8,18H,1-2H3/b17-8+. The van der Waals surface area contributed by atoms with Gasteiger partial charge in [0.05, 0.1) is 18.4 Å². The molecule has 0 bridgehead atoms. The molecular weight excluding hydrogens is 304 g/mol. The van der Waals surface area contributed by atoms with Gasteiger partial charge in [-0.2, -0.15) is 4.52 Å². The van der Waals surface area contributed by atoms with Gasteiger partial charge in [-0.15, -0.1) is 5.10 Å². The van der Waals surface area contributed by atoms with Crippen LogP contribution in [-0.4, -0.2) is 35.0 Å². The average molecular weight is 317 g/mol. The summed E-state index contributed by atoms with van der Waals surface area (Å²) in [7, 11) is 3.14. The summed E-state index contributed by atoms with van der Waals surface area (Å²) in [6.45, 7) is 0. The topological polar surface area (TPSA) is 71.8 Å². The van der Waals surface area contributed by atoms with E-state index < -0.39 is 0 Å². The summed E-state index contributed by atoms with van der Waals surface area (Å²) in [5.74, 6) is 0.340. The Balaban J connectivity index is 2.28. The van der Waals surface area contributed by atoms with Crippen molar-refractivity contribution in [2.75, 3.05) is 14.2 Å². The Bertz CT molecular complexity index is 910. The van der Waals surface area contributed by atoms with Crippen LogP contribution < -0.4 is 10.3 Å². The molecule has 7 heteroatoms. The minimum Gasteiger partial charge on any atom is -0.479 e. The highest BCUT2D eigenvalue weighted by Gasteiger charge is 2.15. The largest absolute Gasteiger partial charge is 0.479 e. The Morgan fingerprint density at radius 3 is 2.73 bits per heavy atom. The molecule has 0 radical (unpaired) electrons. The summed E-state index contributed by atoms with van der Waals surface area (Å²) in [6.07, 6.45) is 1.60. The second-order valence-electron chi connectivity index (χ2n) is 4.60. The van der Waals surface area contributed by atoms with Gasteiger partial charge < -0.3 is 9.72 Å². The number of aromatic amines is 1. The first kappa shape index (κ1) is 14.3. The third kappa shape index (κ3) is 2.37. The number of benzene rings is 1. The Labute approximate surface area is 131 Å². The number of aliphatic imine (C=N–C) groups is 1. The van der Waals surface area contributed by atoms with Gasteiger partial charge in [0.1, 0.15) is 0 Å². The molecule has 2 heterocycles. The van der Waals surface area contributed by atoms with Crippen LogP contribution in [0.2, 0.25) is 5.02 Å². The van der Waals surface area contributed by atoms with Crippen LogP contribution in [0.5, 0.6) is 5.88 Å². The number of nitrogens with one attached hydrogen (secondary N) is 1. The van der Waals surface area contributed by atoms with Gasteiger partial charge in [-0.05, 0) is 17.7 Å². The van der Waals surface area contributed by atoms with E-state index in [1.54, 1.807) is 25.4 Å². The Hall–Kier alpha value is -2.60. The lowest BCUT2D eigenvalue weighted by Gasteiger charge is -2.03. The number of methoxy groups -OCH3 is 1. The fourth-order valence-corrected chi connectivity index (χ4v) is 2.35. The van der Waals surface area contributed by atoms with Crippen molar-refractivity contribution in [3.63, 3.8) is 0 Å². The van der Waals surface area contributed by atoms with Gasteiger partial charge in [0.15, 0.2) is 5.65 Å². The lowest BCUT2D eigenvalue weighted by Crippen LogP contribution is -2.14. The van der Waals surface area contributed by atoms with E-state index in [-0.39, 0.29) is 5.56 Å². The summed E-state index contributed by atoms with van der Waals surface area (Å²) in [5.41, 5.74) is 2.41. The van der Waals surface area contributed by atoms with Crippen LogP contribution in [0.4, 0.5) is 0 Å². The molecule has 0 amide bonds. The number of aromatic nitrogens is 3. The van der Waals surface area contributed by atoms with E-state index in [0.29, 0.717) is 27.8 Å². The van der Waals surface area contributed by atoms with E-state index in [0.717, 1.165) is 5.56 Å². The van der Waals surface area contributed by atoms with Crippen molar-refractivity contribution in [1.82, 2.24) is 14.6 Å². The van der Waals surface area contributed by atoms with Gasteiger partial charge in [-0.3, -0.25) is 9.79 Å².